The minimum atomic E-state index is 0. The van der Waals surface area contributed by atoms with Crippen LogP contribution in [0.3, 0.4) is 0 Å². The van der Waals surface area contributed by atoms with E-state index in [2.05, 4.69) is 31.2 Å². The minimum Gasteiger partial charge on any atom is -0.342 e. The van der Waals surface area contributed by atoms with Crippen LogP contribution in [-0.2, 0) is 11.2 Å². The van der Waals surface area contributed by atoms with Gasteiger partial charge in [-0.25, -0.2) is 0 Å². The first kappa shape index (κ1) is 20.9. The molecule has 0 aliphatic rings. The Morgan fingerprint density at radius 3 is 2.36 bits per heavy atom. The van der Waals surface area contributed by atoms with Crippen LogP contribution in [0.4, 0.5) is 0 Å². The maximum absolute atomic E-state index is 12.3. The predicted molar refractivity (Wildman–Crippen MR) is 96.4 cm³/mol. The van der Waals surface area contributed by atoms with Gasteiger partial charge < -0.3 is 10.6 Å². The number of halogens is 1. The van der Waals surface area contributed by atoms with Crippen LogP contribution in [0.5, 0.6) is 0 Å². The standard InChI is InChI=1S/C18H30N2O.ClH/c1-3-17(15-16-11-7-6-8-12-16)20(2)18(21)13-9-4-5-10-14-19;/h6-8,11-12,17H,3-5,9-10,13-15,19H2,1-2H3;1H. The number of nitrogens with zero attached hydrogens (tertiary/aromatic N) is 1. The van der Waals surface area contributed by atoms with Gasteiger partial charge >= 0.3 is 0 Å². The van der Waals surface area contributed by atoms with Crippen molar-refractivity contribution in [3.05, 3.63) is 35.9 Å². The number of unbranched alkanes of at least 4 members (excludes halogenated alkanes) is 3. The third-order valence-corrected chi connectivity index (χ3v) is 4.07. The van der Waals surface area contributed by atoms with Gasteiger partial charge in [0.25, 0.3) is 0 Å². The van der Waals surface area contributed by atoms with Gasteiger partial charge in [-0.05, 0) is 37.8 Å². The van der Waals surface area contributed by atoms with Gasteiger partial charge in [0.2, 0.25) is 5.91 Å². The van der Waals surface area contributed by atoms with Gasteiger partial charge in [-0.1, -0.05) is 50.1 Å². The van der Waals surface area contributed by atoms with E-state index in [1.54, 1.807) is 0 Å². The number of rotatable bonds is 10. The summed E-state index contributed by atoms with van der Waals surface area (Å²) in [5, 5.41) is 0. The molecule has 1 aromatic carbocycles. The van der Waals surface area contributed by atoms with Crippen LogP contribution in [0.1, 0.15) is 51.0 Å². The van der Waals surface area contributed by atoms with E-state index in [1.165, 1.54) is 5.56 Å². The van der Waals surface area contributed by atoms with Gasteiger partial charge in [-0.3, -0.25) is 4.79 Å². The van der Waals surface area contributed by atoms with E-state index in [4.69, 9.17) is 5.73 Å². The second-order valence-corrected chi connectivity index (χ2v) is 5.71. The third kappa shape index (κ3) is 7.81. The molecule has 22 heavy (non-hydrogen) atoms. The van der Waals surface area contributed by atoms with Crippen molar-refractivity contribution in [2.24, 2.45) is 5.73 Å². The Morgan fingerprint density at radius 1 is 1.14 bits per heavy atom. The van der Waals surface area contributed by atoms with Crippen molar-refractivity contribution in [1.29, 1.82) is 0 Å². The SMILES string of the molecule is CCC(Cc1ccccc1)N(C)C(=O)CCCCCCN.Cl. The van der Waals surface area contributed by atoms with E-state index in [9.17, 15) is 4.79 Å². The van der Waals surface area contributed by atoms with E-state index in [0.717, 1.165) is 45.1 Å². The Balaban J connectivity index is 0.00000441. The molecule has 0 saturated heterocycles. The topological polar surface area (TPSA) is 46.3 Å². The molecule has 0 spiro atoms. The van der Waals surface area contributed by atoms with Gasteiger partial charge in [0.05, 0.1) is 0 Å². The van der Waals surface area contributed by atoms with E-state index in [1.807, 2.05) is 18.0 Å². The molecular formula is C18H31ClN2O. The van der Waals surface area contributed by atoms with E-state index in [-0.39, 0.29) is 18.3 Å². The van der Waals surface area contributed by atoms with Crippen LogP contribution in [0.25, 0.3) is 0 Å². The van der Waals surface area contributed by atoms with Crippen LogP contribution in [0.2, 0.25) is 0 Å². The number of carbonyl (C=O) groups excluding carboxylic acids is 1. The molecule has 1 atom stereocenters. The Bertz CT molecular complexity index is 397. The number of benzene rings is 1. The molecule has 2 N–H and O–H groups in total. The van der Waals surface area contributed by atoms with Crippen molar-refractivity contribution in [3.63, 3.8) is 0 Å². The van der Waals surface area contributed by atoms with Gasteiger partial charge in [-0.2, -0.15) is 0 Å². The lowest BCUT2D eigenvalue weighted by Crippen LogP contribution is -2.38. The molecular weight excluding hydrogens is 296 g/mol. The Kier molecular flexibility index (Phi) is 11.9. The van der Waals surface area contributed by atoms with Crippen molar-refractivity contribution in [3.8, 4) is 0 Å². The second kappa shape index (κ2) is 12.5. The highest BCUT2D eigenvalue weighted by Crippen LogP contribution is 2.13. The fraction of sp³-hybridized carbons (Fsp3) is 0.611. The smallest absolute Gasteiger partial charge is 0.222 e. The Morgan fingerprint density at radius 2 is 1.77 bits per heavy atom. The summed E-state index contributed by atoms with van der Waals surface area (Å²) in [6.07, 6.45) is 6.87. The van der Waals surface area contributed by atoms with Gasteiger partial charge in [0.1, 0.15) is 0 Å². The molecule has 1 rings (SSSR count). The van der Waals surface area contributed by atoms with Crippen molar-refractivity contribution in [2.75, 3.05) is 13.6 Å². The largest absolute Gasteiger partial charge is 0.342 e. The van der Waals surface area contributed by atoms with Crippen LogP contribution in [0.15, 0.2) is 30.3 Å². The Labute approximate surface area is 141 Å². The zero-order valence-corrected chi connectivity index (χ0v) is 14.8. The minimum absolute atomic E-state index is 0. The lowest BCUT2D eigenvalue weighted by Gasteiger charge is -2.27. The van der Waals surface area contributed by atoms with Crippen molar-refractivity contribution >= 4 is 18.3 Å². The van der Waals surface area contributed by atoms with Crippen LogP contribution in [0, 0.1) is 0 Å². The summed E-state index contributed by atoms with van der Waals surface area (Å²) in [5.74, 6) is 0.269. The lowest BCUT2D eigenvalue weighted by molar-refractivity contribution is -0.132. The van der Waals surface area contributed by atoms with E-state index < -0.39 is 0 Å². The van der Waals surface area contributed by atoms with Crippen LogP contribution in [-0.4, -0.2) is 30.4 Å². The molecule has 0 bridgehead atoms. The first-order valence-corrected chi connectivity index (χ1v) is 8.18. The quantitative estimate of drug-likeness (QED) is 0.665. The normalized spacial score (nSPS) is 11.6. The van der Waals surface area contributed by atoms with Crippen molar-refractivity contribution in [1.82, 2.24) is 4.90 Å². The first-order valence-electron chi connectivity index (χ1n) is 8.18. The second-order valence-electron chi connectivity index (χ2n) is 5.71. The Hall–Kier alpha value is -1.06. The van der Waals surface area contributed by atoms with Crippen molar-refractivity contribution < 1.29 is 4.79 Å². The zero-order valence-electron chi connectivity index (χ0n) is 14.0. The molecule has 1 unspecified atom stereocenters. The molecule has 126 valence electrons. The summed E-state index contributed by atoms with van der Waals surface area (Å²) in [5.41, 5.74) is 6.77. The molecule has 0 saturated carbocycles. The molecule has 0 fully saturated rings. The molecule has 0 aliphatic heterocycles. The van der Waals surface area contributed by atoms with Gasteiger partial charge in [0, 0.05) is 19.5 Å². The molecule has 1 aromatic rings. The maximum atomic E-state index is 12.3. The monoisotopic (exact) mass is 326 g/mol. The number of likely N-dealkylation sites (N-methyl/N-ethyl adjacent to an activating group) is 1. The first-order chi connectivity index (χ1) is 10.2. The number of hydrogen-bond donors (Lipinski definition) is 1. The lowest BCUT2D eigenvalue weighted by atomic mass is 10.0. The highest BCUT2D eigenvalue weighted by atomic mass is 35.5. The van der Waals surface area contributed by atoms with Crippen molar-refractivity contribution in [2.45, 2.75) is 57.9 Å². The van der Waals surface area contributed by atoms with Gasteiger partial charge in [0.15, 0.2) is 0 Å². The summed E-state index contributed by atoms with van der Waals surface area (Å²) in [7, 11) is 1.94. The summed E-state index contributed by atoms with van der Waals surface area (Å²) in [4.78, 5) is 14.2. The number of carbonyl (C=O) groups is 1. The summed E-state index contributed by atoms with van der Waals surface area (Å²) < 4.78 is 0. The average molecular weight is 327 g/mol. The number of hydrogen-bond acceptors (Lipinski definition) is 2. The van der Waals surface area contributed by atoms with E-state index in [0.29, 0.717) is 12.5 Å². The zero-order chi connectivity index (χ0) is 15.5. The highest BCUT2D eigenvalue weighted by Gasteiger charge is 2.18. The van der Waals surface area contributed by atoms with Crippen LogP contribution >= 0.6 is 12.4 Å². The fourth-order valence-corrected chi connectivity index (χ4v) is 2.60. The summed E-state index contributed by atoms with van der Waals surface area (Å²) >= 11 is 0. The highest BCUT2D eigenvalue weighted by molar-refractivity contribution is 5.85. The maximum Gasteiger partial charge on any atom is 0.222 e. The van der Waals surface area contributed by atoms with E-state index >= 15 is 0 Å². The fourth-order valence-electron chi connectivity index (χ4n) is 2.60. The molecule has 0 aromatic heterocycles. The molecule has 1 amide bonds. The molecule has 4 heteroatoms. The number of nitrogens with two attached hydrogens (primary N) is 1. The molecule has 0 aliphatic carbocycles. The summed E-state index contributed by atoms with van der Waals surface area (Å²) in [6.45, 7) is 2.90. The molecule has 0 radical (unpaired) electrons. The van der Waals surface area contributed by atoms with Crippen LogP contribution < -0.4 is 5.73 Å². The summed E-state index contributed by atoms with van der Waals surface area (Å²) in [6, 6.07) is 10.7. The average Bonchev–Trinajstić information content (AvgIpc) is 2.52. The number of amides is 1. The third-order valence-electron chi connectivity index (χ3n) is 4.07. The predicted octanol–water partition coefficient (Wildman–Crippen LogP) is 3.80. The van der Waals surface area contributed by atoms with Gasteiger partial charge in [-0.15, -0.1) is 12.4 Å². The molecule has 3 nitrogen and oxygen atoms in total. The molecule has 0 heterocycles.